The van der Waals surface area contributed by atoms with Crippen LogP contribution in [-0.2, 0) is 6.54 Å². The van der Waals surface area contributed by atoms with Crippen LogP contribution in [0.5, 0.6) is 11.5 Å². The summed E-state index contributed by atoms with van der Waals surface area (Å²) in [6.07, 6.45) is 2.66. The number of ether oxygens (including phenoxy) is 1. The number of hydrogen-bond donors (Lipinski definition) is 1. The maximum Gasteiger partial charge on any atom is 0.127 e. The van der Waals surface area contributed by atoms with Gasteiger partial charge in [-0.3, -0.25) is 0 Å². The van der Waals surface area contributed by atoms with Crippen LogP contribution in [0.1, 0.15) is 24.0 Å². The van der Waals surface area contributed by atoms with Crippen LogP contribution in [0.4, 0.5) is 0 Å². The molecule has 2 aromatic carbocycles. The van der Waals surface area contributed by atoms with Crippen molar-refractivity contribution >= 4 is 0 Å². The first-order chi connectivity index (χ1) is 9.31. The summed E-state index contributed by atoms with van der Waals surface area (Å²) < 4.78 is 5.83. The molecular weight excluding hydrogens is 234 g/mol. The fraction of sp³-hybridized carbons (Fsp3) is 0.294. The topological polar surface area (TPSA) is 21.3 Å². The molecule has 2 nitrogen and oxygen atoms in total. The Morgan fingerprint density at radius 1 is 1.05 bits per heavy atom. The van der Waals surface area contributed by atoms with E-state index in [1.54, 1.807) is 0 Å². The Morgan fingerprint density at radius 3 is 2.53 bits per heavy atom. The number of nitrogens with one attached hydrogen (secondary N) is 1. The molecule has 1 fully saturated rings. The molecule has 0 amide bonds. The first-order valence-corrected chi connectivity index (χ1v) is 6.87. The molecule has 2 heteroatoms. The molecule has 1 aliphatic rings. The van der Waals surface area contributed by atoms with Crippen LogP contribution >= 0.6 is 0 Å². The first-order valence-electron chi connectivity index (χ1n) is 6.87. The van der Waals surface area contributed by atoms with Gasteiger partial charge in [-0.25, -0.2) is 0 Å². The average molecular weight is 253 g/mol. The molecule has 1 aliphatic carbocycles. The van der Waals surface area contributed by atoms with Gasteiger partial charge in [-0.1, -0.05) is 24.3 Å². The molecular formula is C17H19NO. The predicted octanol–water partition coefficient (Wildman–Crippen LogP) is 4.04. The van der Waals surface area contributed by atoms with E-state index in [-0.39, 0.29) is 0 Å². The lowest BCUT2D eigenvalue weighted by atomic mass is 10.1. The molecule has 0 aliphatic heterocycles. The molecule has 1 N–H and O–H groups in total. The second-order valence-corrected chi connectivity index (χ2v) is 5.16. The smallest absolute Gasteiger partial charge is 0.127 e. The summed E-state index contributed by atoms with van der Waals surface area (Å²) >= 11 is 0. The summed E-state index contributed by atoms with van der Waals surface area (Å²) in [5.74, 6) is 1.78. The van der Waals surface area contributed by atoms with Crippen LogP contribution in [0.3, 0.4) is 0 Å². The van der Waals surface area contributed by atoms with Crippen molar-refractivity contribution in [3.05, 3.63) is 59.7 Å². The molecule has 0 spiro atoms. The average Bonchev–Trinajstić information content (AvgIpc) is 3.23. The normalized spacial score (nSPS) is 14.4. The lowest BCUT2D eigenvalue weighted by Crippen LogP contribution is -2.15. The summed E-state index contributed by atoms with van der Waals surface area (Å²) in [5, 5.41) is 3.54. The van der Waals surface area contributed by atoms with Gasteiger partial charge < -0.3 is 10.1 Å². The van der Waals surface area contributed by atoms with E-state index < -0.39 is 0 Å². The Balaban J connectivity index is 1.67. The Bertz CT molecular complexity index is 546. The minimum Gasteiger partial charge on any atom is -0.457 e. The van der Waals surface area contributed by atoms with Gasteiger partial charge in [0, 0.05) is 12.6 Å². The van der Waals surface area contributed by atoms with E-state index in [9.17, 15) is 0 Å². The third-order valence-corrected chi connectivity index (χ3v) is 3.45. The van der Waals surface area contributed by atoms with Crippen molar-refractivity contribution in [2.45, 2.75) is 32.4 Å². The molecule has 3 rings (SSSR count). The van der Waals surface area contributed by atoms with Crippen LogP contribution in [0, 0.1) is 6.92 Å². The van der Waals surface area contributed by atoms with Gasteiger partial charge in [-0.05, 0) is 55.2 Å². The SMILES string of the molecule is Cc1cc(Oc2ccccc2)ccc1CNC1CC1. The number of benzene rings is 2. The highest BCUT2D eigenvalue weighted by Gasteiger charge is 2.20. The fourth-order valence-electron chi connectivity index (χ4n) is 2.10. The van der Waals surface area contributed by atoms with E-state index in [0.717, 1.165) is 24.1 Å². The first kappa shape index (κ1) is 12.2. The molecule has 19 heavy (non-hydrogen) atoms. The highest BCUT2D eigenvalue weighted by molar-refractivity contribution is 5.37. The van der Waals surface area contributed by atoms with E-state index in [4.69, 9.17) is 4.74 Å². The summed E-state index contributed by atoms with van der Waals surface area (Å²) in [4.78, 5) is 0. The van der Waals surface area contributed by atoms with Crippen molar-refractivity contribution in [1.29, 1.82) is 0 Å². The Labute approximate surface area is 114 Å². The summed E-state index contributed by atoms with van der Waals surface area (Å²) in [6.45, 7) is 3.10. The van der Waals surface area contributed by atoms with E-state index in [0.29, 0.717) is 0 Å². The van der Waals surface area contributed by atoms with Gasteiger partial charge in [0.05, 0.1) is 0 Å². The molecule has 2 aromatic rings. The maximum atomic E-state index is 5.83. The van der Waals surface area contributed by atoms with E-state index in [1.165, 1.54) is 24.0 Å². The highest BCUT2D eigenvalue weighted by Crippen LogP contribution is 2.24. The van der Waals surface area contributed by atoms with Crippen LogP contribution in [0.25, 0.3) is 0 Å². The van der Waals surface area contributed by atoms with Crippen LogP contribution in [-0.4, -0.2) is 6.04 Å². The minimum absolute atomic E-state index is 0.750. The second-order valence-electron chi connectivity index (χ2n) is 5.16. The lowest BCUT2D eigenvalue weighted by Gasteiger charge is -2.10. The number of hydrogen-bond acceptors (Lipinski definition) is 2. The summed E-state index contributed by atoms with van der Waals surface area (Å²) in [5.41, 5.74) is 2.63. The second kappa shape index (κ2) is 5.45. The largest absolute Gasteiger partial charge is 0.457 e. The van der Waals surface area contributed by atoms with Gasteiger partial charge in [-0.15, -0.1) is 0 Å². The van der Waals surface area contributed by atoms with Crippen LogP contribution in [0.2, 0.25) is 0 Å². The zero-order chi connectivity index (χ0) is 13.1. The number of para-hydroxylation sites is 1. The maximum absolute atomic E-state index is 5.83. The minimum atomic E-state index is 0.750. The van der Waals surface area contributed by atoms with Crippen molar-refractivity contribution < 1.29 is 4.74 Å². The van der Waals surface area contributed by atoms with Crippen molar-refractivity contribution in [2.24, 2.45) is 0 Å². The van der Waals surface area contributed by atoms with Crippen molar-refractivity contribution in [1.82, 2.24) is 5.32 Å². The van der Waals surface area contributed by atoms with E-state index in [2.05, 4.69) is 24.4 Å². The Kier molecular flexibility index (Phi) is 3.51. The number of aryl methyl sites for hydroxylation is 1. The predicted molar refractivity (Wildman–Crippen MR) is 77.6 cm³/mol. The van der Waals surface area contributed by atoms with Gasteiger partial charge in [0.15, 0.2) is 0 Å². The molecule has 0 heterocycles. The molecule has 0 unspecified atom stereocenters. The van der Waals surface area contributed by atoms with Crippen LogP contribution < -0.4 is 10.1 Å². The molecule has 0 radical (unpaired) electrons. The monoisotopic (exact) mass is 253 g/mol. The van der Waals surface area contributed by atoms with Crippen molar-refractivity contribution in [2.75, 3.05) is 0 Å². The highest BCUT2D eigenvalue weighted by atomic mass is 16.5. The van der Waals surface area contributed by atoms with Crippen molar-refractivity contribution in [3.8, 4) is 11.5 Å². The summed E-state index contributed by atoms with van der Waals surface area (Å²) in [7, 11) is 0. The summed E-state index contributed by atoms with van der Waals surface area (Å²) in [6, 6.07) is 17.0. The van der Waals surface area contributed by atoms with Crippen LogP contribution in [0.15, 0.2) is 48.5 Å². The lowest BCUT2D eigenvalue weighted by molar-refractivity contribution is 0.482. The van der Waals surface area contributed by atoms with Crippen molar-refractivity contribution in [3.63, 3.8) is 0 Å². The van der Waals surface area contributed by atoms with E-state index in [1.807, 2.05) is 36.4 Å². The van der Waals surface area contributed by atoms with Gasteiger partial charge in [0.1, 0.15) is 11.5 Å². The van der Waals surface area contributed by atoms with Gasteiger partial charge in [-0.2, -0.15) is 0 Å². The zero-order valence-corrected chi connectivity index (χ0v) is 11.2. The van der Waals surface area contributed by atoms with E-state index >= 15 is 0 Å². The van der Waals surface area contributed by atoms with Gasteiger partial charge in [0.25, 0.3) is 0 Å². The third kappa shape index (κ3) is 3.36. The molecule has 0 aromatic heterocycles. The molecule has 98 valence electrons. The molecule has 0 saturated heterocycles. The molecule has 0 atom stereocenters. The Morgan fingerprint density at radius 2 is 1.84 bits per heavy atom. The quantitative estimate of drug-likeness (QED) is 0.868. The molecule has 1 saturated carbocycles. The molecule has 0 bridgehead atoms. The van der Waals surface area contributed by atoms with Gasteiger partial charge in [0.2, 0.25) is 0 Å². The standard InChI is InChI=1S/C17H19NO/c1-13-11-17(19-16-5-3-2-4-6-16)10-7-14(13)12-18-15-8-9-15/h2-7,10-11,15,18H,8-9,12H2,1H3. The fourth-order valence-corrected chi connectivity index (χ4v) is 2.10. The third-order valence-electron chi connectivity index (χ3n) is 3.45. The Hall–Kier alpha value is -1.80. The number of rotatable bonds is 5. The van der Waals surface area contributed by atoms with Gasteiger partial charge >= 0.3 is 0 Å². The zero-order valence-electron chi connectivity index (χ0n) is 11.2.